The molecule has 34 heavy (non-hydrogen) atoms. The molecule has 0 aliphatic rings. The summed E-state index contributed by atoms with van der Waals surface area (Å²) in [4.78, 5) is 12.9. The number of nitrogens with zero attached hydrogens (tertiary/aromatic N) is 2. The minimum atomic E-state index is -3.89. The average Bonchev–Trinajstić information content (AvgIpc) is 3.23. The molecule has 0 aliphatic heterocycles. The number of sulfonamides is 1. The maximum absolute atomic E-state index is 13.0. The maximum Gasteiger partial charge on any atom is 0.276 e. The van der Waals surface area contributed by atoms with E-state index < -0.39 is 15.9 Å². The summed E-state index contributed by atoms with van der Waals surface area (Å²) in [6.07, 6.45) is 0. The molecule has 0 saturated carbocycles. The fourth-order valence-corrected chi connectivity index (χ4v) is 4.78. The topological polar surface area (TPSA) is 102 Å². The van der Waals surface area contributed by atoms with Gasteiger partial charge in [-0.15, -0.1) is 0 Å². The van der Waals surface area contributed by atoms with E-state index in [1.54, 1.807) is 54.1 Å². The summed E-state index contributed by atoms with van der Waals surface area (Å²) >= 11 is 0. The summed E-state index contributed by atoms with van der Waals surface area (Å²) < 4.78 is 35.4. The second-order valence-corrected chi connectivity index (χ2v) is 9.34. The maximum atomic E-state index is 13.0. The highest BCUT2D eigenvalue weighted by atomic mass is 32.2. The van der Waals surface area contributed by atoms with Crippen LogP contribution in [0, 0.1) is 13.8 Å². The van der Waals surface area contributed by atoms with Gasteiger partial charge in [-0.2, -0.15) is 5.10 Å². The first kappa shape index (κ1) is 23.1. The number of carbonyl (C=O) groups is 1. The van der Waals surface area contributed by atoms with Crippen molar-refractivity contribution in [1.29, 1.82) is 0 Å². The number of para-hydroxylation sites is 1. The Labute approximate surface area is 198 Å². The van der Waals surface area contributed by atoms with Crippen LogP contribution in [0.3, 0.4) is 0 Å². The largest absolute Gasteiger partial charge is 0.497 e. The minimum Gasteiger partial charge on any atom is -0.497 e. The lowest BCUT2D eigenvalue weighted by molar-refractivity contribution is 0.102. The Kier molecular flexibility index (Phi) is 6.38. The molecule has 0 unspecified atom stereocenters. The molecule has 0 atom stereocenters. The number of aromatic nitrogens is 2. The van der Waals surface area contributed by atoms with E-state index in [9.17, 15) is 13.2 Å². The van der Waals surface area contributed by atoms with Crippen LogP contribution in [0.15, 0.2) is 83.8 Å². The highest BCUT2D eigenvalue weighted by Crippen LogP contribution is 2.24. The third-order valence-corrected chi connectivity index (χ3v) is 6.72. The molecular formula is C25H24N4O4S. The summed E-state index contributed by atoms with van der Waals surface area (Å²) in [6.45, 7) is 3.55. The normalized spacial score (nSPS) is 11.1. The zero-order chi connectivity index (χ0) is 24.3. The average molecular weight is 477 g/mol. The number of carbonyl (C=O) groups excluding carboxylic acids is 1. The molecular weight excluding hydrogens is 452 g/mol. The molecule has 2 N–H and O–H groups in total. The van der Waals surface area contributed by atoms with Crippen LogP contribution in [0.1, 0.15) is 21.7 Å². The highest BCUT2D eigenvalue weighted by Gasteiger charge is 2.19. The number of amides is 1. The molecule has 174 valence electrons. The molecule has 0 fully saturated rings. The SMILES string of the molecule is COc1ccc(NS(=O)(=O)c2cc(NC(=O)c3cc(C)n(-c4ccccc4)n3)ccc2C)cc1. The van der Waals surface area contributed by atoms with E-state index in [1.165, 1.54) is 13.2 Å². The predicted octanol–water partition coefficient (Wildman–Crippen LogP) is 4.55. The number of aryl methyl sites for hydroxylation is 2. The van der Waals surface area contributed by atoms with Crippen molar-refractivity contribution < 1.29 is 17.9 Å². The molecule has 0 aliphatic carbocycles. The second kappa shape index (κ2) is 9.40. The van der Waals surface area contributed by atoms with Crippen molar-refractivity contribution in [2.24, 2.45) is 0 Å². The van der Waals surface area contributed by atoms with Gasteiger partial charge < -0.3 is 10.1 Å². The molecule has 0 saturated heterocycles. The fourth-order valence-electron chi connectivity index (χ4n) is 3.45. The smallest absolute Gasteiger partial charge is 0.276 e. The number of benzene rings is 3. The number of methoxy groups -OCH3 is 1. The Morgan fingerprint density at radius 2 is 1.59 bits per heavy atom. The van der Waals surface area contributed by atoms with Crippen molar-refractivity contribution in [2.45, 2.75) is 18.7 Å². The number of anilines is 2. The third kappa shape index (κ3) is 4.94. The van der Waals surface area contributed by atoms with Gasteiger partial charge in [0.25, 0.3) is 15.9 Å². The molecule has 1 heterocycles. The summed E-state index contributed by atoms with van der Waals surface area (Å²) in [6, 6.07) is 22.5. The van der Waals surface area contributed by atoms with Gasteiger partial charge >= 0.3 is 0 Å². The van der Waals surface area contributed by atoms with Gasteiger partial charge in [-0.25, -0.2) is 13.1 Å². The zero-order valence-electron chi connectivity index (χ0n) is 18.9. The Bertz CT molecular complexity index is 1430. The van der Waals surface area contributed by atoms with Gasteiger partial charge in [0.1, 0.15) is 5.75 Å². The standard InChI is InChI=1S/C25H24N4O4S/c1-17-9-10-20(16-24(17)34(31,32)28-19-11-13-22(33-3)14-12-19)26-25(30)23-15-18(2)29(27-23)21-7-5-4-6-8-21/h4-16,28H,1-3H3,(H,26,30). The number of hydrogen-bond acceptors (Lipinski definition) is 5. The van der Waals surface area contributed by atoms with Crippen LogP contribution in [0.4, 0.5) is 11.4 Å². The van der Waals surface area contributed by atoms with E-state index in [2.05, 4.69) is 15.1 Å². The molecule has 0 radical (unpaired) electrons. The first-order valence-electron chi connectivity index (χ1n) is 10.5. The van der Waals surface area contributed by atoms with E-state index in [-0.39, 0.29) is 10.6 Å². The quantitative estimate of drug-likeness (QED) is 0.407. The highest BCUT2D eigenvalue weighted by molar-refractivity contribution is 7.92. The number of rotatable bonds is 7. The van der Waals surface area contributed by atoms with Crippen LogP contribution in [-0.4, -0.2) is 31.2 Å². The molecule has 9 heteroatoms. The van der Waals surface area contributed by atoms with Gasteiger partial charge in [-0.1, -0.05) is 24.3 Å². The van der Waals surface area contributed by atoms with Gasteiger partial charge in [-0.3, -0.25) is 9.52 Å². The van der Waals surface area contributed by atoms with Crippen LogP contribution >= 0.6 is 0 Å². The molecule has 4 rings (SSSR count). The van der Waals surface area contributed by atoms with Crippen molar-refractivity contribution in [3.8, 4) is 11.4 Å². The van der Waals surface area contributed by atoms with Crippen LogP contribution in [0.25, 0.3) is 5.69 Å². The molecule has 1 aromatic heterocycles. The van der Waals surface area contributed by atoms with E-state index in [0.717, 1.165) is 11.4 Å². The summed E-state index contributed by atoms with van der Waals surface area (Å²) in [5.74, 6) is 0.182. The van der Waals surface area contributed by atoms with E-state index in [4.69, 9.17) is 4.74 Å². The Balaban J connectivity index is 1.55. The second-order valence-electron chi connectivity index (χ2n) is 7.69. The van der Waals surface area contributed by atoms with Crippen LogP contribution in [-0.2, 0) is 10.0 Å². The van der Waals surface area contributed by atoms with Crippen molar-refractivity contribution >= 4 is 27.3 Å². The van der Waals surface area contributed by atoms with Crippen molar-refractivity contribution in [2.75, 3.05) is 17.1 Å². The summed E-state index contributed by atoms with van der Waals surface area (Å²) in [7, 11) is -2.35. The number of nitrogens with one attached hydrogen (secondary N) is 2. The molecule has 1 amide bonds. The van der Waals surface area contributed by atoms with E-state index >= 15 is 0 Å². The lowest BCUT2D eigenvalue weighted by atomic mass is 10.2. The monoisotopic (exact) mass is 476 g/mol. The Hall–Kier alpha value is -4.11. The molecule has 8 nitrogen and oxygen atoms in total. The van der Waals surface area contributed by atoms with Gasteiger partial charge in [0, 0.05) is 17.1 Å². The lowest BCUT2D eigenvalue weighted by Crippen LogP contribution is -2.16. The van der Waals surface area contributed by atoms with Gasteiger partial charge in [0.15, 0.2) is 5.69 Å². The Morgan fingerprint density at radius 1 is 0.912 bits per heavy atom. The summed E-state index contributed by atoms with van der Waals surface area (Å²) in [5, 5.41) is 7.14. The fraction of sp³-hybridized carbons (Fsp3) is 0.120. The van der Waals surface area contributed by atoms with Crippen LogP contribution in [0.5, 0.6) is 5.75 Å². The molecule has 4 aromatic rings. The zero-order valence-corrected chi connectivity index (χ0v) is 19.8. The van der Waals surface area contributed by atoms with Crippen LogP contribution in [0.2, 0.25) is 0 Å². The van der Waals surface area contributed by atoms with E-state index in [0.29, 0.717) is 22.7 Å². The first-order valence-corrected chi connectivity index (χ1v) is 12.0. The van der Waals surface area contributed by atoms with Gasteiger partial charge in [0.2, 0.25) is 0 Å². The molecule has 0 spiro atoms. The minimum absolute atomic E-state index is 0.0621. The number of hydrogen-bond donors (Lipinski definition) is 2. The Morgan fingerprint density at radius 3 is 2.26 bits per heavy atom. The van der Waals surface area contributed by atoms with Crippen molar-refractivity contribution in [3.63, 3.8) is 0 Å². The lowest BCUT2D eigenvalue weighted by Gasteiger charge is -2.13. The predicted molar refractivity (Wildman–Crippen MR) is 131 cm³/mol. The van der Waals surface area contributed by atoms with Crippen molar-refractivity contribution in [1.82, 2.24) is 9.78 Å². The van der Waals surface area contributed by atoms with Gasteiger partial charge in [-0.05, 0) is 74.0 Å². The van der Waals surface area contributed by atoms with Crippen molar-refractivity contribution in [3.05, 3.63) is 95.8 Å². The molecule has 3 aromatic carbocycles. The van der Waals surface area contributed by atoms with Crippen LogP contribution < -0.4 is 14.8 Å². The third-order valence-electron chi connectivity index (χ3n) is 5.20. The summed E-state index contributed by atoms with van der Waals surface area (Å²) in [5.41, 5.74) is 3.15. The molecule has 0 bridgehead atoms. The first-order chi connectivity index (χ1) is 16.3. The number of ether oxygens (including phenoxy) is 1. The van der Waals surface area contributed by atoms with Gasteiger partial charge in [0.05, 0.1) is 17.7 Å². The van der Waals surface area contributed by atoms with E-state index in [1.807, 2.05) is 37.3 Å².